The van der Waals surface area contributed by atoms with E-state index in [0.29, 0.717) is 12.0 Å². The van der Waals surface area contributed by atoms with Crippen molar-refractivity contribution in [2.24, 2.45) is 0 Å². The van der Waals surface area contributed by atoms with Crippen LogP contribution in [0.2, 0.25) is 0 Å². The van der Waals surface area contributed by atoms with Crippen LogP contribution in [0.4, 0.5) is 0 Å². The van der Waals surface area contributed by atoms with E-state index in [1.165, 1.54) is 49.6 Å². The first kappa shape index (κ1) is 19.1. The Labute approximate surface area is 150 Å². The number of hydrogen-bond donors (Lipinski definition) is 0. The largest absolute Gasteiger partial charge is 0.465 e. The summed E-state index contributed by atoms with van der Waals surface area (Å²) in [4.78, 5) is 47.3. The van der Waals surface area contributed by atoms with Gasteiger partial charge < -0.3 is 9.47 Å². The van der Waals surface area contributed by atoms with Crippen molar-refractivity contribution in [2.45, 2.75) is 13.3 Å². The molecule has 26 heavy (non-hydrogen) atoms. The van der Waals surface area contributed by atoms with Gasteiger partial charge in [0.1, 0.15) is 0 Å². The lowest BCUT2D eigenvalue weighted by molar-refractivity contribution is 0.0504. The third kappa shape index (κ3) is 4.22. The summed E-state index contributed by atoms with van der Waals surface area (Å²) >= 11 is 0. The fourth-order valence-corrected chi connectivity index (χ4v) is 2.26. The summed E-state index contributed by atoms with van der Waals surface area (Å²) in [5.41, 5.74) is 0.805. The zero-order valence-electron chi connectivity index (χ0n) is 14.4. The van der Waals surface area contributed by atoms with E-state index >= 15 is 0 Å². The predicted molar refractivity (Wildman–Crippen MR) is 93.0 cm³/mol. The highest BCUT2D eigenvalue weighted by atomic mass is 16.5. The van der Waals surface area contributed by atoms with Crippen LogP contribution in [0.25, 0.3) is 0 Å². The second-order valence-electron chi connectivity index (χ2n) is 5.40. The zero-order valence-corrected chi connectivity index (χ0v) is 14.4. The van der Waals surface area contributed by atoms with Gasteiger partial charge in [0.05, 0.1) is 24.8 Å². The molecule has 0 aliphatic carbocycles. The summed E-state index contributed by atoms with van der Waals surface area (Å²) in [7, 11) is 1.26. The second kappa shape index (κ2) is 8.71. The summed E-state index contributed by atoms with van der Waals surface area (Å²) in [5.74, 6) is -1.56. The molecular formula is C20H17O6. The zero-order chi connectivity index (χ0) is 19.1. The van der Waals surface area contributed by atoms with E-state index in [0.717, 1.165) is 0 Å². The Morgan fingerprint density at radius 1 is 0.923 bits per heavy atom. The lowest BCUT2D eigenvalue weighted by atomic mass is 9.96. The fourth-order valence-electron chi connectivity index (χ4n) is 2.26. The number of ketones is 1. The number of hydrogen-bond acceptors (Lipinski definition) is 6. The molecule has 0 heterocycles. The Kier molecular flexibility index (Phi) is 6.38. The lowest BCUT2D eigenvalue weighted by Crippen LogP contribution is -2.11. The number of methoxy groups -OCH3 is 1. The molecule has 0 fully saturated rings. The van der Waals surface area contributed by atoms with Gasteiger partial charge in [0, 0.05) is 16.7 Å². The Morgan fingerprint density at radius 2 is 1.54 bits per heavy atom. The first-order valence-corrected chi connectivity index (χ1v) is 7.94. The third-order valence-electron chi connectivity index (χ3n) is 3.62. The molecule has 0 aliphatic heterocycles. The molecule has 0 aliphatic rings. The maximum Gasteiger partial charge on any atom is 0.338 e. The van der Waals surface area contributed by atoms with E-state index in [2.05, 4.69) is 4.74 Å². The molecule has 6 nitrogen and oxygen atoms in total. The summed E-state index contributed by atoms with van der Waals surface area (Å²) in [6, 6.07) is 9.87. The molecule has 1 radical (unpaired) electrons. The molecule has 0 saturated carbocycles. The number of carbonyl (C=O) groups is 3. The van der Waals surface area contributed by atoms with Crippen LogP contribution in [0.3, 0.4) is 0 Å². The molecule has 0 atom stereocenters. The van der Waals surface area contributed by atoms with Crippen molar-refractivity contribution in [1.82, 2.24) is 0 Å². The van der Waals surface area contributed by atoms with Crippen LogP contribution in [-0.4, -0.2) is 37.7 Å². The van der Waals surface area contributed by atoms with Crippen LogP contribution in [0.1, 0.15) is 55.5 Å². The van der Waals surface area contributed by atoms with Crippen molar-refractivity contribution in [2.75, 3.05) is 13.7 Å². The van der Waals surface area contributed by atoms with Gasteiger partial charge in [-0.05, 0) is 36.8 Å². The highest BCUT2D eigenvalue weighted by molar-refractivity contribution is 6.14. The van der Waals surface area contributed by atoms with E-state index in [9.17, 15) is 19.2 Å². The molecule has 0 unspecified atom stereocenters. The maximum absolute atomic E-state index is 12.7. The summed E-state index contributed by atoms with van der Waals surface area (Å²) in [5, 5.41) is 0. The highest BCUT2D eigenvalue weighted by Crippen LogP contribution is 2.17. The van der Waals surface area contributed by atoms with Crippen LogP contribution in [0.15, 0.2) is 42.5 Å². The lowest BCUT2D eigenvalue weighted by Gasteiger charge is -2.08. The normalized spacial score (nSPS) is 10.1. The molecule has 0 spiro atoms. The number of benzene rings is 2. The Bertz CT molecular complexity index is 836. The van der Waals surface area contributed by atoms with E-state index in [1.807, 2.05) is 6.92 Å². The Balaban J connectivity index is 2.36. The minimum atomic E-state index is -0.570. The minimum Gasteiger partial charge on any atom is -0.465 e. The molecule has 0 saturated heterocycles. The molecule has 0 aromatic heterocycles. The van der Waals surface area contributed by atoms with Crippen LogP contribution < -0.4 is 0 Å². The molecule has 0 N–H and O–H groups in total. The van der Waals surface area contributed by atoms with Gasteiger partial charge in [-0.2, -0.15) is 0 Å². The summed E-state index contributed by atoms with van der Waals surface area (Å²) < 4.78 is 9.65. The van der Waals surface area contributed by atoms with E-state index in [4.69, 9.17) is 4.74 Å². The second-order valence-corrected chi connectivity index (χ2v) is 5.40. The predicted octanol–water partition coefficient (Wildman–Crippen LogP) is 2.73. The topological polar surface area (TPSA) is 86.7 Å². The number of ether oxygens (including phenoxy) is 2. The number of esters is 2. The van der Waals surface area contributed by atoms with Crippen molar-refractivity contribution >= 4 is 24.0 Å². The van der Waals surface area contributed by atoms with Crippen molar-refractivity contribution < 1.29 is 28.7 Å². The molecule has 2 rings (SSSR count). The van der Waals surface area contributed by atoms with Crippen LogP contribution in [0.5, 0.6) is 0 Å². The summed E-state index contributed by atoms with van der Waals surface area (Å²) in [6.07, 6.45) is 2.37. The van der Waals surface area contributed by atoms with Gasteiger partial charge in [-0.1, -0.05) is 19.1 Å². The first-order valence-electron chi connectivity index (χ1n) is 7.94. The van der Waals surface area contributed by atoms with Crippen molar-refractivity contribution in [3.8, 4) is 0 Å². The Hall–Kier alpha value is -3.28. The minimum absolute atomic E-state index is 0.0387. The van der Waals surface area contributed by atoms with E-state index < -0.39 is 17.7 Å². The van der Waals surface area contributed by atoms with Crippen molar-refractivity contribution in [3.63, 3.8) is 0 Å². The molecule has 2 aromatic rings. The van der Waals surface area contributed by atoms with Gasteiger partial charge in [-0.15, -0.1) is 0 Å². The van der Waals surface area contributed by atoms with Gasteiger partial charge in [0.25, 0.3) is 0 Å². The fraction of sp³-hybridized carbons (Fsp3) is 0.200. The average molecular weight is 353 g/mol. The summed E-state index contributed by atoms with van der Waals surface area (Å²) in [6.45, 7) is 2.13. The van der Waals surface area contributed by atoms with Crippen molar-refractivity contribution in [1.29, 1.82) is 0 Å². The van der Waals surface area contributed by atoms with Crippen LogP contribution in [0, 0.1) is 0 Å². The highest BCUT2D eigenvalue weighted by Gasteiger charge is 2.18. The van der Waals surface area contributed by atoms with Gasteiger partial charge in [0.2, 0.25) is 6.29 Å². The first-order chi connectivity index (χ1) is 12.5. The Morgan fingerprint density at radius 3 is 2.12 bits per heavy atom. The van der Waals surface area contributed by atoms with Crippen LogP contribution >= 0.6 is 0 Å². The molecule has 0 bridgehead atoms. The van der Waals surface area contributed by atoms with Crippen molar-refractivity contribution in [3.05, 3.63) is 70.3 Å². The SMILES string of the molecule is CCCOC(=O)c1ccc([C]=O)c(C(=O)c2ccc(C(=O)OC)cc2)c1. The standard InChI is InChI=1S/C20H17O6/c1-3-10-26-20(24)15-8-9-16(12-21)17(11-15)18(22)13-4-6-14(7-5-13)19(23)25-2/h4-9,11H,3,10H2,1-2H3. The van der Waals surface area contributed by atoms with Gasteiger partial charge in [-0.25, -0.2) is 9.59 Å². The molecule has 0 amide bonds. The van der Waals surface area contributed by atoms with Crippen LogP contribution in [-0.2, 0) is 14.3 Å². The maximum atomic E-state index is 12.7. The third-order valence-corrected chi connectivity index (χ3v) is 3.62. The van der Waals surface area contributed by atoms with Gasteiger partial charge in [0.15, 0.2) is 5.78 Å². The number of carbonyl (C=O) groups excluding carboxylic acids is 4. The van der Waals surface area contributed by atoms with Gasteiger partial charge >= 0.3 is 11.9 Å². The molecular weight excluding hydrogens is 336 g/mol. The number of rotatable bonds is 7. The molecule has 133 valence electrons. The monoisotopic (exact) mass is 353 g/mol. The average Bonchev–Trinajstić information content (AvgIpc) is 2.70. The van der Waals surface area contributed by atoms with E-state index in [1.54, 1.807) is 6.29 Å². The van der Waals surface area contributed by atoms with E-state index in [-0.39, 0.29) is 28.9 Å². The molecule has 6 heteroatoms. The molecule has 2 aromatic carbocycles. The smallest absolute Gasteiger partial charge is 0.338 e. The van der Waals surface area contributed by atoms with Gasteiger partial charge in [-0.3, -0.25) is 9.59 Å². The quantitative estimate of drug-likeness (QED) is 0.562.